The van der Waals surface area contributed by atoms with Crippen molar-refractivity contribution >= 4 is 0 Å². The van der Waals surface area contributed by atoms with Gasteiger partial charge in [-0.3, -0.25) is 4.90 Å². The maximum atomic E-state index is 3.69. The van der Waals surface area contributed by atoms with Crippen LogP contribution in [0, 0.1) is 0 Å². The Labute approximate surface area is 122 Å². The summed E-state index contributed by atoms with van der Waals surface area (Å²) in [5.74, 6) is 0. The summed E-state index contributed by atoms with van der Waals surface area (Å²) in [6.07, 6.45) is 1.13. The predicted molar refractivity (Wildman–Crippen MR) is 87.8 cm³/mol. The van der Waals surface area contributed by atoms with Gasteiger partial charge in [-0.1, -0.05) is 13.8 Å². The smallest absolute Gasteiger partial charge is 0.0178 e. The summed E-state index contributed by atoms with van der Waals surface area (Å²) >= 11 is 0. The number of nitrogens with zero attached hydrogens (tertiary/aromatic N) is 1. The molecule has 2 heteroatoms. The average Bonchev–Trinajstić information content (AvgIpc) is 1.90. The van der Waals surface area contributed by atoms with Gasteiger partial charge in [0.2, 0.25) is 0 Å². The zero-order valence-electron chi connectivity index (χ0n) is 15.3. The lowest BCUT2D eigenvalue weighted by Gasteiger charge is -2.52. The molecule has 0 saturated carbocycles. The molecule has 2 nitrogen and oxygen atoms in total. The molecule has 0 aliphatic rings. The van der Waals surface area contributed by atoms with E-state index in [1.54, 1.807) is 0 Å². The van der Waals surface area contributed by atoms with Gasteiger partial charge in [0.05, 0.1) is 0 Å². The molecule has 0 aromatic rings. The Hall–Kier alpha value is -0.0800. The first-order chi connectivity index (χ1) is 8.19. The molecule has 0 aliphatic carbocycles. The molecule has 0 rings (SSSR count). The van der Waals surface area contributed by atoms with Crippen LogP contribution in [0.3, 0.4) is 0 Å². The quantitative estimate of drug-likeness (QED) is 0.767. The van der Waals surface area contributed by atoms with Crippen molar-refractivity contribution in [1.82, 2.24) is 10.2 Å². The molecule has 0 amide bonds. The molecule has 0 bridgehead atoms. The molecule has 0 atom stereocenters. The van der Waals surface area contributed by atoms with Crippen LogP contribution in [-0.2, 0) is 0 Å². The van der Waals surface area contributed by atoms with Crippen molar-refractivity contribution in [3.8, 4) is 0 Å². The van der Waals surface area contributed by atoms with Crippen LogP contribution < -0.4 is 5.32 Å². The van der Waals surface area contributed by atoms with Gasteiger partial charge < -0.3 is 5.32 Å². The Morgan fingerprint density at radius 1 is 0.842 bits per heavy atom. The summed E-state index contributed by atoms with van der Waals surface area (Å²) in [6, 6.07) is 1.07. The average molecular weight is 271 g/mol. The number of hydrogen-bond donors (Lipinski definition) is 1. The lowest BCUT2D eigenvalue weighted by atomic mass is 9.81. The SMILES string of the molecule is CC(C)NC(C)(C)CC(C)(C)N(C(C)C)C(C)(C)C. The molecule has 0 heterocycles. The van der Waals surface area contributed by atoms with E-state index in [9.17, 15) is 0 Å². The minimum absolute atomic E-state index is 0.149. The van der Waals surface area contributed by atoms with Crippen LogP contribution in [0.2, 0.25) is 0 Å². The van der Waals surface area contributed by atoms with Crippen molar-refractivity contribution in [2.45, 2.75) is 111 Å². The molecule has 116 valence electrons. The van der Waals surface area contributed by atoms with Gasteiger partial charge in [-0.15, -0.1) is 0 Å². The Morgan fingerprint density at radius 3 is 1.53 bits per heavy atom. The third-order valence-corrected chi connectivity index (χ3v) is 3.45. The summed E-state index contributed by atoms with van der Waals surface area (Å²) in [4.78, 5) is 2.64. The number of hydrogen-bond acceptors (Lipinski definition) is 2. The van der Waals surface area contributed by atoms with Gasteiger partial charge >= 0.3 is 0 Å². The van der Waals surface area contributed by atoms with Crippen LogP contribution in [0.15, 0.2) is 0 Å². The van der Waals surface area contributed by atoms with E-state index >= 15 is 0 Å². The molecule has 0 aliphatic heterocycles. The molecule has 0 saturated heterocycles. The fraction of sp³-hybridized carbons (Fsp3) is 1.00. The third-order valence-electron chi connectivity index (χ3n) is 3.45. The van der Waals surface area contributed by atoms with Gasteiger partial charge in [-0.2, -0.15) is 0 Å². The highest BCUT2D eigenvalue weighted by Gasteiger charge is 2.40. The summed E-state index contributed by atoms with van der Waals surface area (Å²) in [6.45, 7) is 25.4. The highest BCUT2D eigenvalue weighted by molar-refractivity contribution is 4.97. The van der Waals surface area contributed by atoms with Gasteiger partial charge in [0.1, 0.15) is 0 Å². The van der Waals surface area contributed by atoms with E-state index in [0.29, 0.717) is 12.1 Å². The summed E-state index contributed by atoms with van der Waals surface area (Å²) in [5.41, 5.74) is 0.499. The van der Waals surface area contributed by atoms with Gasteiger partial charge in [-0.05, 0) is 68.7 Å². The highest BCUT2D eigenvalue weighted by Crippen LogP contribution is 2.33. The van der Waals surface area contributed by atoms with Crippen molar-refractivity contribution in [2.24, 2.45) is 0 Å². The number of rotatable bonds is 6. The largest absolute Gasteiger partial charge is 0.310 e. The maximum absolute atomic E-state index is 3.69. The zero-order valence-corrected chi connectivity index (χ0v) is 15.3. The summed E-state index contributed by atoms with van der Waals surface area (Å²) in [7, 11) is 0. The summed E-state index contributed by atoms with van der Waals surface area (Å²) < 4.78 is 0. The molecule has 0 aromatic heterocycles. The van der Waals surface area contributed by atoms with E-state index in [-0.39, 0.29) is 16.6 Å². The first-order valence-electron chi connectivity index (χ1n) is 7.76. The molecule has 0 spiro atoms. The van der Waals surface area contributed by atoms with Crippen molar-refractivity contribution in [2.75, 3.05) is 0 Å². The van der Waals surface area contributed by atoms with Crippen LogP contribution in [0.1, 0.15) is 82.6 Å². The molecule has 0 aromatic carbocycles. The van der Waals surface area contributed by atoms with Crippen LogP contribution in [0.5, 0.6) is 0 Å². The van der Waals surface area contributed by atoms with E-state index in [4.69, 9.17) is 0 Å². The van der Waals surface area contributed by atoms with Gasteiger partial charge in [0.15, 0.2) is 0 Å². The Balaban J connectivity index is 5.13. The molecule has 0 radical (unpaired) electrons. The van der Waals surface area contributed by atoms with Crippen molar-refractivity contribution in [1.29, 1.82) is 0 Å². The van der Waals surface area contributed by atoms with Gasteiger partial charge in [0.25, 0.3) is 0 Å². The number of nitrogens with one attached hydrogen (secondary N) is 1. The van der Waals surface area contributed by atoms with E-state index in [0.717, 1.165) is 6.42 Å². The fourth-order valence-electron chi connectivity index (χ4n) is 4.38. The maximum Gasteiger partial charge on any atom is 0.0178 e. The first kappa shape index (κ1) is 18.9. The fourth-order valence-corrected chi connectivity index (χ4v) is 4.38. The first-order valence-corrected chi connectivity index (χ1v) is 7.76. The molecule has 0 fully saturated rings. The molecular formula is C17H38N2. The second kappa shape index (κ2) is 6.13. The summed E-state index contributed by atoms with van der Waals surface area (Å²) in [5, 5.41) is 3.69. The Bertz CT molecular complexity index is 269. The topological polar surface area (TPSA) is 15.3 Å². The van der Waals surface area contributed by atoms with Crippen LogP contribution in [0.25, 0.3) is 0 Å². The van der Waals surface area contributed by atoms with E-state index in [1.165, 1.54) is 0 Å². The Kier molecular flexibility index (Phi) is 6.11. The second-order valence-electron chi connectivity index (χ2n) is 8.81. The van der Waals surface area contributed by atoms with E-state index < -0.39 is 0 Å². The molecule has 19 heavy (non-hydrogen) atoms. The standard InChI is InChI=1S/C17H38N2/c1-13(2)18-16(8,9)12-17(10,11)19(14(3)4)15(5,6)7/h13-14,18H,12H2,1-11H3. The minimum atomic E-state index is 0.149. The van der Waals surface area contributed by atoms with Crippen molar-refractivity contribution < 1.29 is 0 Å². The second-order valence-corrected chi connectivity index (χ2v) is 8.81. The van der Waals surface area contributed by atoms with Crippen LogP contribution >= 0.6 is 0 Å². The highest BCUT2D eigenvalue weighted by atomic mass is 15.3. The molecular weight excluding hydrogens is 232 g/mol. The third kappa shape index (κ3) is 6.27. The van der Waals surface area contributed by atoms with Crippen LogP contribution in [-0.4, -0.2) is 33.6 Å². The Morgan fingerprint density at radius 2 is 1.26 bits per heavy atom. The molecule has 0 unspecified atom stereocenters. The van der Waals surface area contributed by atoms with Crippen LogP contribution in [0.4, 0.5) is 0 Å². The van der Waals surface area contributed by atoms with Crippen molar-refractivity contribution in [3.05, 3.63) is 0 Å². The van der Waals surface area contributed by atoms with Gasteiger partial charge in [0, 0.05) is 28.7 Å². The normalized spacial score (nSPS) is 14.8. The van der Waals surface area contributed by atoms with E-state index in [1.807, 2.05) is 0 Å². The minimum Gasteiger partial charge on any atom is -0.310 e. The molecule has 1 N–H and O–H groups in total. The van der Waals surface area contributed by atoms with E-state index in [2.05, 4.69) is 86.4 Å². The van der Waals surface area contributed by atoms with Crippen molar-refractivity contribution in [3.63, 3.8) is 0 Å². The zero-order chi connectivity index (χ0) is 15.6. The monoisotopic (exact) mass is 270 g/mol. The predicted octanol–water partition coefficient (Wildman–Crippen LogP) is 4.44. The lowest BCUT2D eigenvalue weighted by molar-refractivity contribution is -0.0202. The lowest BCUT2D eigenvalue weighted by Crippen LogP contribution is -2.61. The van der Waals surface area contributed by atoms with Gasteiger partial charge in [-0.25, -0.2) is 0 Å².